The number of aromatic nitrogens is 2. The lowest BCUT2D eigenvalue weighted by Crippen LogP contribution is -2.52. The number of fused-ring (bicyclic) bond motifs is 2. The Bertz CT molecular complexity index is 3520. The third-order valence-electron chi connectivity index (χ3n) is 14.4. The minimum atomic E-state index is -0.867. The van der Waals surface area contributed by atoms with Gasteiger partial charge >= 0.3 is 30.3 Å². The minimum absolute atomic E-state index is 0. The van der Waals surface area contributed by atoms with Gasteiger partial charge in [0.25, 0.3) is 0 Å². The number of rotatable bonds is 18. The molecule has 0 bridgehead atoms. The standard InChI is InChI=1S/C33H39ClF2N6O6.C28H31ClF2N6O4.CH4O.ClH.2H2S/c1-33(2,3)48-32(46)42-14-12-41(13-15-42)28(43)11-10-25(40(4)30(44)38-19-22-6-5-7-26(36)29(22)34)20-47-31(45)39-27-17-23-16-24(35)9-8-21(23)18-37-27;1-36(27(39)34-16-19-3-2-4-23(31)26(19)29)22(7-8-25(38)37-11-9-32-10-12-37)17-41-28(40)35-24-14-20-13-21(30)6-5-18(20)15-33-24;1-2;;;/h5-9,16-18,25H,10-15,19-20H2,1-4H3,(H,38,44)(H,37,39,45);2-6,13-15,22,32H,7-12,16-17H2,1H3,(H,34,39)(H,33,35,40);2H,1H3;1H;2*1H2/t25-;22-;;;;/m00..../s1. The van der Waals surface area contributed by atoms with Crippen LogP contribution in [0.15, 0.2) is 97.3 Å². The molecule has 9 amide bonds. The highest BCUT2D eigenvalue weighted by molar-refractivity contribution is 7.59. The molecule has 2 aromatic heterocycles. The van der Waals surface area contributed by atoms with Crippen LogP contribution in [0.25, 0.3) is 21.5 Å². The molecular weight excluding hydrogens is 1340 g/mol. The van der Waals surface area contributed by atoms with E-state index in [4.69, 9.17) is 42.5 Å². The van der Waals surface area contributed by atoms with Gasteiger partial charge < -0.3 is 59.8 Å². The molecule has 0 radical (unpaired) electrons. The number of carbonyl (C=O) groups excluding carboxylic acids is 7. The number of anilines is 2. The molecule has 2 atom stereocenters. The van der Waals surface area contributed by atoms with Gasteiger partial charge in [-0.3, -0.25) is 20.2 Å². The van der Waals surface area contributed by atoms with Crippen molar-refractivity contribution in [1.82, 2.24) is 50.4 Å². The summed E-state index contributed by atoms with van der Waals surface area (Å²) in [5.41, 5.74) is 0.136. The number of nitrogens with one attached hydrogen (secondary N) is 5. The number of hydrogen-bond donors (Lipinski definition) is 6. The summed E-state index contributed by atoms with van der Waals surface area (Å²) in [5.74, 6) is -2.03. The summed E-state index contributed by atoms with van der Waals surface area (Å²) in [6.45, 7) is 8.62. The second kappa shape index (κ2) is 39.2. The topological polar surface area (TPSA) is 270 Å². The zero-order valence-electron chi connectivity index (χ0n) is 52.5. The minimum Gasteiger partial charge on any atom is -0.447 e. The van der Waals surface area contributed by atoms with Crippen molar-refractivity contribution in [3.05, 3.63) is 142 Å². The first kappa shape index (κ1) is 80.4. The maximum Gasteiger partial charge on any atom is 0.412 e. The van der Waals surface area contributed by atoms with Crippen molar-refractivity contribution in [3.8, 4) is 0 Å². The van der Waals surface area contributed by atoms with E-state index in [9.17, 15) is 51.1 Å². The van der Waals surface area contributed by atoms with Crippen LogP contribution in [0, 0.1) is 23.3 Å². The van der Waals surface area contributed by atoms with Gasteiger partial charge in [-0.25, -0.2) is 51.5 Å². The van der Waals surface area contributed by atoms with Gasteiger partial charge in [-0.1, -0.05) is 47.5 Å². The summed E-state index contributed by atoms with van der Waals surface area (Å²) in [6, 6.07) is 17.5. The van der Waals surface area contributed by atoms with Crippen molar-refractivity contribution in [1.29, 1.82) is 0 Å². The number of hydrogen-bond acceptors (Lipinski definition) is 14. The van der Waals surface area contributed by atoms with Gasteiger partial charge in [0.1, 0.15) is 53.7 Å². The molecule has 4 aromatic carbocycles. The fourth-order valence-electron chi connectivity index (χ4n) is 9.33. The van der Waals surface area contributed by atoms with E-state index in [1.54, 1.807) is 59.7 Å². The second-order valence-corrected chi connectivity index (χ2v) is 22.7. The molecule has 0 unspecified atom stereocenters. The quantitative estimate of drug-likeness (QED) is 0.0345. The van der Waals surface area contributed by atoms with Crippen LogP contribution in [-0.4, -0.2) is 186 Å². The molecule has 514 valence electrons. The molecule has 0 spiro atoms. The lowest BCUT2D eigenvalue weighted by molar-refractivity contribution is -0.133. The highest BCUT2D eigenvalue weighted by Crippen LogP contribution is 2.24. The summed E-state index contributed by atoms with van der Waals surface area (Å²) in [5, 5.41) is 22.8. The van der Waals surface area contributed by atoms with Crippen molar-refractivity contribution in [2.24, 2.45) is 0 Å². The highest BCUT2D eigenvalue weighted by atomic mass is 35.5. The number of halogens is 7. The zero-order valence-corrected chi connectivity index (χ0v) is 56.9. The van der Waals surface area contributed by atoms with Crippen LogP contribution in [0.5, 0.6) is 0 Å². The normalized spacial score (nSPS) is 13.2. The Kier molecular flexibility index (Phi) is 33.5. The summed E-state index contributed by atoms with van der Waals surface area (Å²) in [7, 11) is 4.00. The van der Waals surface area contributed by atoms with Crippen LogP contribution in [0.4, 0.5) is 53.2 Å². The summed E-state index contributed by atoms with van der Waals surface area (Å²) in [6.07, 6.45) is 1.37. The van der Waals surface area contributed by atoms with Crippen LogP contribution in [0.3, 0.4) is 0 Å². The Morgan fingerprint density at radius 1 is 0.596 bits per heavy atom. The van der Waals surface area contributed by atoms with E-state index >= 15 is 0 Å². The number of pyridine rings is 2. The molecule has 2 saturated heterocycles. The highest BCUT2D eigenvalue weighted by Gasteiger charge is 2.30. The second-order valence-electron chi connectivity index (χ2n) is 21.9. The van der Waals surface area contributed by atoms with Crippen molar-refractivity contribution in [2.75, 3.05) is 97.4 Å². The van der Waals surface area contributed by atoms with Gasteiger partial charge in [-0.2, -0.15) is 27.0 Å². The summed E-state index contributed by atoms with van der Waals surface area (Å²) >= 11 is 12.0. The van der Waals surface area contributed by atoms with Crippen molar-refractivity contribution in [2.45, 2.75) is 77.2 Å². The van der Waals surface area contributed by atoms with Crippen LogP contribution in [0.1, 0.15) is 57.6 Å². The van der Waals surface area contributed by atoms with E-state index in [0.717, 1.165) is 7.11 Å². The molecule has 6 aromatic rings. The molecule has 4 heterocycles. The molecule has 8 rings (SSSR count). The first-order valence-electron chi connectivity index (χ1n) is 29.0. The number of aliphatic hydroxyl groups is 1. The third kappa shape index (κ3) is 24.8. The first-order valence-corrected chi connectivity index (χ1v) is 29.7. The molecule has 6 N–H and O–H groups in total. The number of carbonyl (C=O) groups is 7. The van der Waals surface area contributed by atoms with Crippen molar-refractivity contribution >= 4 is 138 Å². The van der Waals surface area contributed by atoms with E-state index < -0.39 is 71.3 Å². The lowest BCUT2D eigenvalue weighted by atomic mass is 10.1. The number of ether oxygens (including phenoxy) is 3. The van der Waals surface area contributed by atoms with Crippen LogP contribution < -0.4 is 26.6 Å². The molecular formula is C62H79Cl3F4N12O11S2. The Hall–Kier alpha value is -7.80. The number of benzene rings is 4. The predicted molar refractivity (Wildman–Crippen MR) is 362 cm³/mol. The van der Waals surface area contributed by atoms with Gasteiger partial charge in [-0.05, 0) is 116 Å². The van der Waals surface area contributed by atoms with Crippen LogP contribution >= 0.6 is 62.6 Å². The molecule has 32 heteroatoms. The van der Waals surface area contributed by atoms with E-state index in [2.05, 4.69) is 36.6 Å². The van der Waals surface area contributed by atoms with Crippen LogP contribution in [-0.2, 0) is 36.9 Å². The monoisotopic (exact) mass is 1410 g/mol. The molecule has 2 aliphatic heterocycles. The average molecular weight is 1410 g/mol. The number of likely N-dealkylation sites (N-methyl/N-ethyl adjacent to an activating group) is 2. The fraction of sp³-hybridized carbons (Fsp3) is 0.403. The fourth-order valence-corrected chi connectivity index (χ4v) is 9.72. The zero-order chi connectivity index (χ0) is 66.4. The molecule has 0 saturated carbocycles. The van der Waals surface area contributed by atoms with Crippen LogP contribution in [0.2, 0.25) is 10.0 Å². The number of aliphatic hydroxyl groups excluding tert-OH is 1. The van der Waals surface area contributed by atoms with Gasteiger partial charge in [0, 0.05) is 123 Å². The van der Waals surface area contributed by atoms with Gasteiger partial charge in [0.15, 0.2) is 0 Å². The number of amides is 9. The Morgan fingerprint density at radius 3 is 1.39 bits per heavy atom. The number of nitrogens with zero attached hydrogens (tertiary/aromatic N) is 7. The molecule has 94 heavy (non-hydrogen) atoms. The average Bonchev–Trinajstić information content (AvgIpc) is 0.915. The molecule has 23 nitrogen and oxygen atoms in total. The Labute approximate surface area is 572 Å². The summed E-state index contributed by atoms with van der Waals surface area (Å²) in [4.78, 5) is 106. The van der Waals surface area contributed by atoms with E-state index in [0.29, 0.717) is 85.0 Å². The van der Waals surface area contributed by atoms with E-state index in [1.165, 1.54) is 97.0 Å². The number of piperazine rings is 2. The van der Waals surface area contributed by atoms with Gasteiger partial charge in [0.2, 0.25) is 11.8 Å². The third-order valence-corrected chi connectivity index (χ3v) is 15.3. The maximum atomic E-state index is 13.9. The smallest absolute Gasteiger partial charge is 0.412 e. The Morgan fingerprint density at radius 2 is 0.989 bits per heavy atom. The molecule has 0 aliphatic carbocycles. The first-order chi connectivity index (χ1) is 43.4. The lowest BCUT2D eigenvalue weighted by Gasteiger charge is -2.36. The van der Waals surface area contributed by atoms with E-state index in [1.807, 2.05) is 0 Å². The molecule has 2 fully saturated rings. The largest absolute Gasteiger partial charge is 0.447 e. The van der Waals surface area contributed by atoms with Crippen molar-refractivity contribution in [3.63, 3.8) is 0 Å². The van der Waals surface area contributed by atoms with Crippen molar-refractivity contribution < 1.29 is 70.4 Å². The summed E-state index contributed by atoms with van der Waals surface area (Å²) < 4.78 is 71.2. The number of urea groups is 2. The maximum absolute atomic E-state index is 13.9. The van der Waals surface area contributed by atoms with Gasteiger partial charge in [-0.15, -0.1) is 12.4 Å². The SMILES string of the molecule is CN(C(=O)NCc1cccc(F)c1Cl)[C@@H](CCC(=O)N1CCN(C(=O)OC(C)(C)C)CC1)COC(=O)Nc1cc2cc(F)ccc2cn1.CN(C(=O)NCc1cccc(F)c1Cl)[C@@H](CCC(=O)N1CCNCC1)COC(=O)Nc1cc2cc(F)ccc2cn1.CO.Cl.S.S. The predicted octanol–water partition coefficient (Wildman–Crippen LogP) is 10.2. The molecule has 2 aliphatic rings. The Balaban J connectivity index is 0.000000468. The van der Waals surface area contributed by atoms with E-state index in [-0.39, 0.29) is 125 Å². The van der Waals surface area contributed by atoms with Gasteiger partial charge in [0.05, 0.1) is 22.1 Å².